The van der Waals surface area contributed by atoms with Gasteiger partial charge in [-0.15, -0.1) is 5.06 Å². The van der Waals surface area contributed by atoms with Crippen molar-refractivity contribution >= 4 is 40.8 Å². The fourth-order valence-electron chi connectivity index (χ4n) is 2.95. The van der Waals surface area contributed by atoms with Gasteiger partial charge in [0.1, 0.15) is 0 Å². The molecule has 1 fully saturated rings. The van der Waals surface area contributed by atoms with E-state index in [4.69, 9.17) is 28.0 Å². The van der Waals surface area contributed by atoms with Gasteiger partial charge in [0.05, 0.1) is 22.3 Å². The van der Waals surface area contributed by atoms with Crippen molar-refractivity contribution in [1.82, 2.24) is 5.06 Å². The van der Waals surface area contributed by atoms with Crippen molar-refractivity contribution in [1.29, 1.82) is 0 Å². The molecule has 0 bridgehead atoms. The molecule has 2 atom stereocenters. The molecule has 1 amide bonds. The zero-order valence-electron chi connectivity index (χ0n) is 14.3. The molecule has 1 N–H and O–H groups in total. The fraction of sp³-hybridized carbons (Fsp3) is 0.222. The highest BCUT2D eigenvalue weighted by atomic mass is 35.5. The minimum atomic E-state index is -4.56. The third-order valence-corrected chi connectivity index (χ3v) is 4.77. The van der Waals surface area contributed by atoms with Crippen LogP contribution < -0.4 is 5.32 Å². The summed E-state index contributed by atoms with van der Waals surface area (Å²) in [6.07, 6.45) is -4.56. The molecule has 2 aromatic rings. The quantitative estimate of drug-likeness (QED) is 0.713. The number of hydrogen-bond acceptors (Lipinski definition) is 4. The molecule has 3 rings (SSSR count). The maximum absolute atomic E-state index is 13.0. The Balaban J connectivity index is 1.92. The zero-order chi connectivity index (χ0) is 20.6. The van der Waals surface area contributed by atoms with Gasteiger partial charge in [-0.2, -0.15) is 13.2 Å². The number of halogens is 5. The van der Waals surface area contributed by atoms with Gasteiger partial charge in [-0.3, -0.25) is 4.79 Å². The van der Waals surface area contributed by atoms with Gasteiger partial charge in [0, 0.05) is 12.1 Å². The number of carbonyl (C=O) groups excluding carboxylic acids is 2. The molecular weight excluding hydrogens is 420 g/mol. The van der Waals surface area contributed by atoms with Crippen LogP contribution in [0.3, 0.4) is 0 Å². The van der Waals surface area contributed by atoms with Crippen LogP contribution in [0.25, 0.3) is 0 Å². The third kappa shape index (κ3) is 4.09. The first-order valence-corrected chi connectivity index (χ1v) is 8.71. The first-order chi connectivity index (χ1) is 13.1. The van der Waals surface area contributed by atoms with Gasteiger partial charge < -0.3 is 10.2 Å². The first-order valence-electron chi connectivity index (χ1n) is 7.95. The number of hydroxylamine groups is 2. The van der Waals surface area contributed by atoms with Gasteiger partial charge in [0.15, 0.2) is 5.92 Å². The van der Waals surface area contributed by atoms with Crippen LogP contribution >= 0.6 is 23.2 Å². The minimum Gasteiger partial charge on any atom is -0.367 e. The Morgan fingerprint density at radius 3 is 2.54 bits per heavy atom. The first kappa shape index (κ1) is 20.4. The zero-order valence-corrected chi connectivity index (χ0v) is 15.8. The summed E-state index contributed by atoms with van der Waals surface area (Å²) in [5.74, 6) is -3.03. The second-order valence-corrected chi connectivity index (χ2v) is 6.96. The summed E-state index contributed by atoms with van der Waals surface area (Å²) in [7, 11) is 1.37. The number of anilines is 1. The molecule has 0 aliphatic carbocycles. The van der Waals surface area contributed by atoms with E-state index >= 15 is 0 Å². The predicted molar refractivity (Wildman–Crippen MR) is 96.6 cm³/mol. The molecule has 0 spiro atoms. The molecule has 148 valence electrons. The number of rotatable bonds is 3. The van der Waals surface area contributed by atoms with Crippen LogP contribution in [-0.4, -0.2) is 24.0 Å². The molecule has 0 saturated carbocycles. The monoisotopic (exact) mass is 432 g/mol. The lowest BCUT2D eigenvalue weighted by atomic mass is 9.92. The number of nitrogens with one attached hydrogen (secondary N) is 1. The van der Waals surface area contributed by atoms with E-state index in [0.29, 0.717) is 5.02 Å². The number of nitrogens with zero attached hydrogens (tertiary/aromatic N) is 1. The molecule has 10 heteroatoms. The van der Waals surface area contributed by atoms with Gasteiger partial charge in [-0.25, -0.2) is 4.79 Å². The van der Waals surface area contributed by atoms with E-state index in [9.17, 15) is 22.8 Å². The van der Waals surface area contributed by atoms with E-state index in [2.05, 4.69) is 5.32 Å². The van der Waals surface area contributed by atoms with Crippen LogP contribution in [0, 0.1) is 5.92 Å². The Kier molecular flexibility index (Phi) is 5.56. The van der Waals surface area contributed by atoms with E-state index in [1.807, 2.05) is 0 Å². The topological polar surface area (TPSA) is 58.6 Å². The molecule has 1 heterocycles. The van der Waals surface area contributed by atoms with Crippen molar-refractivity contribution in [2.75, 3.05) is 12.4 Å². The summed E-state index contributed by atoms with van der Waals surface area (Å²) in [6.45, 7) is 0. The van der Waals surface area contributed by atoms with E-state index in [1.165, 1.54) is 37.4 Å². The maximum atomic E-state index is 13.0. The van der Waals surface area contributed by atoms with Crippen LogP contribution in [-0.2, 0) is 20.6 Å². The SMILES string of the molecule is CN1OC(=O)C(C(=O)Nc2ccc(Cl)cc2Cl)C1c1cccc(C(F)(F)F)c1. The van der Waals surface area contributed by atoms with Gasteiger partial charge in [-0.05, 0) is 35.9 Å². The summed E-state index contributed by atoms with van der Waals surface area (Å²) < 4.78 is 39.1. The van der Waals surface area contributed by atoms with Crippen molar-refractivity contribution in [2.24, 2.45) is 5.92 Å². The number of amides is 1. The standard InChI is InChI=1S/C18H13Cl2F3N2O3/c1-25-15(9-3-2-4-10(7-9)18(21,22)23)14(17(27)28-25)16(26)24-13-6-5-11(19)8-12(13)20/h2-8,14-15H,1H3,(H,24,26). The van der Waals surface area contributed by atoms with Crippen LogP contribution in [0.1, 0.15) is 17.2 Å². The Labute approximate surface area is 167 Å². The minimum absolute atomic E-state index is 0.116. The molecule has 1 aliphatic heterocycles. The Bertz CT molecular complexity index is 937. The second-order valence-electron chi connectivity index (χ2n) is 6.12. The maximum Gasteiger partial charge on any atom is 0.416 e. The second kappa shape index (κ2) is 7.62. The molecule has 1 saturated heterocycles. The van der Waals surface area contributed by atoms with Gasteiger partial charge in [-0.1, -0.05) is 35.3 Å². The Hall–Kier alpha value is -2.29. The van der Waals surface area contributed by atoms with Crippen molar-refractivity contribution in [3.05, 3.63) is 63.6 Å². The molecular formula is C18H13Cl2F3N2O3. The molecule has 5 nitrogen and oxygen atoms in total. The third-order valence-electron chi connectivity index (χ3n) is 4.22. The van der Waals surface area contributed by atoms with Crippen LogP contribution in [0.2, 0.25) is 10.0 Å². The van der Waals surface area contributed by atoms with Crippen molar-refractivity contribution in [3.8, 4) is 0 Å². The number of carbonyl (C=O) groups is 2. The van der Waals surface area contributed by atoms with E-state index in [1.54, 1.807) is 0 Å². The average molecular weight is 433 g/mol. The summed E-state index contributed by atoms with van der Waals surface area (Å²) in [5.41, 5.74) is -0.565. The molecule has 0 aromatic heterocycles. The van der Waals surface area contributed by atoms with Crippen molar-refractivity contribution in [2.45, 2.75) is 12.2 Å². The molecule has 0 radical (unpaired) electrons. The van der Waals surface area contributed by atoms with Crippen LogP contribution in [0.5, 0.6) is 0 Å². The van der Waals surface area contributed by atoms with Crippen molar-refractivity contribution < 1.29 is 27.6 Å². The van der Waals surface area contributed by atoms with E-state index < -0.39 is 35.6 Å². The summed E-state index contributed by atoms with van der Waals surface area (Å²) >= 11 is 11.8. The highest BCUT2D eigenvalue weighted by Gasteiger charge is 2.48. The van der Waals surface area contributed by atoms with Gasteiger partial charge in [0.25, 0.3) is 0 Å². The Morgan fingerprint density at radius 1 is 1.18 bits per heavy atom. The molecule has 28 heavy (non-hydrogen) atoms. The van der Waals surface area contributed by atoms with Crippen LogP contribution in [0.4, 0.5) is 18.9 Å². The highest BCUT2D eigenvalue weighted by Crippen LogP contribution is 2.39. The predicted octanol–water partition coefficient (Wildman–Crippen LogP) is 4.71. The fourth-order valence-corrected chi connectivity index (χ4v) is 3.40. The highest BCUT2D eigenvalue weighted by molar-refractivity contribution is 6.36. The number of alkyl halides is 3. The Morgan fingerprint density at radius 2 is 1.89 bits per heavy atom. The number of benzene rings is 2. The lowest BCUT2D eigenvalue weighted by Crippen LogP contribution is -2.32. The normalized spacial score (nSPS) is 20.1. The van der Waals surface area contributed by atoms with E-state index in [-0.39, 0.29) is 16.3 Å². The molecule has 1 aliphatic rings. The largest absolute Gasteiger partial charge is 0.416 e. The smallest absolute Gasteiger partial charge is 0.367 e. The summed E-state index contributed by atoms with van der Waals surface area (Å²) in [4.78, 5) is 29.9. The summed E-state index contributed by atoms with van der Waals surface area (Å²) in [5, 5.41) is 4.06. The lowest BCUT2D eigenvalue weighted by Gasteiger charge is -2.21. The van der Waals surface area contributed by atoms with Crippen molar-refractivity contribution in [3.63, 3.8) is 0 Å². The average Bonchev–Trinajstić information content (AvgIpc) is 2.91. The molecule has 2 unspecified atom stereocenters. The summed E-state index contributed by atoms with van der Waals surface area (Å²) in [6, 6.07) is 7.71. The lowest BCUT2D eigenvalue weighted by molar-refractivity contribution is -0.169. The molecule has 2 aromatic carbocycles. The van der Waals surface area contributed by atoms with Crippen LogP contribution in [0.15, 0.2) is 42.5 Å². The number of hydrogen-bond donors (Lipinski definition) is 1. The van der Waals surface area contributed by atoms with Gasteiger partial charge >= 0.3 is 12.1 Å². The van der Waals surface area contributed by atoms with E-state index in [0.717, 1.165) is 17.2 Å². The van der Waals surface area contributed by atoms with Gasteiger partial charge in [0.2, 0.25) is 5.91 Å².